The van der Waals surface area contributed by atoms with E-state index in [1.165, 1.54) is 13.4 Å². The van der Waals surface area contributed by atoms with Gasteiger partial charge in [-0.3, -0.25) is 0 Å². The number of esters is 1. The molecule has 0 aromatic carbocycles. The third-order valence-electron chi connectivity index (χ3n) is 2.24. The first kappa shape index (κ1) is 13.1. The first-order valence-electron chi connectivity index (χ1n) is 5.17. The number of hydrogen-bond donors (Lipinski definition) is 1. The zero-order chi connectivity index (χ0) is 12.0. The first-order valence-corrected chi connectivity index (χ1v) is 6.32. The molecule has 5 heteroatoms. The Bertz CT molecular complexity index is 338. The summed E-state index contributed by atoms with van der Waals surface area (Å²) in [4.78, 5) is 11.3. The van der Waals surface area contributed by atoms with Gasteiger partial charge in [-0.05, 0) is 12.5 Å². The van der Waals surface area contributed by atoms with Gasteiger partial charge >= 0.3 is 5.97 Å². The molecule has 0 aliphatic carbocycles. The van der Waals surface area contributed by atoms with Crippen molar-refractivity contribution >= 4 is 17.7 Å². The van der Waals surface area contributed by atoms with Crippen LogP contribution in [0.25, 0.3) is 0 Å². The van der Waals surface area contributed by atoms with E-state index in [0.29, 0.717) is 17.1 Å². The van der Waals surface area contributed by atoms with Crippen LogP contribution >= 0.6 is 11.8 Å². The number of hydrogen-bond acceptors (Lipinski definition) is 5. The highest BCUT2D eigenvalue weighted by Gasteiger charge is 2.14. The lowest BCUT2D eigenvalue weighted by Crippen LogP contribution is -2.21. The van der Waals surface area contributed by atoms with Gasteiger partial charge < -0.3 is 14.9 Å². The summed E-state index contributed by atoms with van der Waals surface area (Å²) in [5, 5.41) is 0. The number of nitrogens with two attached hydrogens (primary N) is 1. The molecule has 0 fully saturated rings. The minimum absolute atomic E-state index is 0.196. The fourth-order valence-electron chi connectivity index (χ4n) is 1.17. The van der Waals surface area contributed by atoms with E-state index >= 15 is 0 Å². The van der Waals surface area contributed by atoms with Crippen molar-refractivity contribution in [2.45, 2.75) is 25.1 Å². The minimum Gasteiger partial charge on any atom is -0.468 e. The van der Waals surface area contributed by atoms with Crippen LogP contribution in [0.3, 0.4) is 0 Å². The van der Waals surface area contributed by atoms with Crippen molar-refractivity contribution in [3.8, 4) is 0 Å². The number of rotatable bonds is 6. The van der Waals surface area contributed by atoms with Crippen molar-refractivity contribution in [3.63, 3.8) is 0 Å². The van der Waals surface area contributed by atoms with Gasteiger partial charge in [0.05, 0.1) is 19.1 Å². The van der Waals surface area contributed by atoms with Crippen LogP contribution in [0.2, 0.25) is 0 Å². The molecule has 1 atom stereocenters. The molecule has 0 spiro atoms. The molecule has 16 heavy (non-hydrogen) atoms. The van der Waals surface area contributed by atoms with E-state index in [-0.39, 0.29) is 12.0 Å². The van der Waals surface area contributed by atoms with Crippen molar-refractivity contribution < 1.29 is 13.9 Å². The molecule has 90 valence electrons. The van der Waals surface area contributed by atoms with Gasteiger partial charge in [0.15, 0.2) is 0 Å². The summed E-state index contributed by atoms with van der Waals surface area (Å²) in [6, 6.07) is 1.82. The van der Waals surface area contributed by atoms with Crippen molar-refractivity contribution in [2.75, 3.05) is 12.9 Å². The molecule has 1 unspecified atom stereocenters. The van der Waals surface area contributed by atoms with Gasteiger partial charge in [0.2, 0.25) is 0 Å². The highest BCUT2D eigenvalue weighted by Crippen LogP contribution is 2.19. The Morgan fingerprint density at radius 3 is 3.06 bits per heavy atom. The Kier molecular flexibility index (Phi) is 5.42. The second kappa shape index (κ2) is 6.60. The fraction of sp³-hybridized carbons (Fsp3) is 0.545. The van der Waals surface area contributed by atoms with Gasteiger partial charge in [0, 0.05) is 11.8 Å². The summed E-state index contributed by atoms with van der Waals surface area (Å²) >= 11 is 1.66. The molecule has 0 saturated carbocycles. The van der Waals surface area contributed by atoms with E-state index < -0.39 is 0 Å². The average molecular weight is 243 g/mol. The maximum atomic E-state index is 11.3. The van der Waals surface area contributed by atoms with E-state index in [0.717, 1.165) is 12.2 Å². The summed E-state index contributed by atoms with van der Waals surface area (Å²) in [6.45, 7) is 2.05. The maximum Gasteiger partial charge on any atom is 0.341 e. The van der Waals surface area contributed by atoms with Crippen LogP contribution < -0.4 is 5.73 Å². The fourth-order valence-corrected chi connectivity index (χ4v) is 2.23. The van der Waals surface area contributed by atoms with Crippen LogP contribution in [0.1, 0.15) is 29.5 Å². The van der Waals surface area contributed by atoms with E-state index in [2.05, 4.69) is 11.7 Å². The van der Waals surface area contributed by atoms with Crippen molar-refractivity contribution in [3.05, 3.63) is 23.7 Å². The molecule has 0 amide bonds. The highest BCUT2D eigenvalue weighted by atomic mass is 32.2. The standard InChI is InChI=1S/C11H17NO3S/c1-3-8(12)6-16-7-10-9(4-5-15-10)11(13)14-2/h4-5,8H,3,6-7,12H2,1-2H3. The lowest BCUT2D eigenvalue weighted by atomic mass is 10.3. The lowest BCUT2D eigenvalue weighted by Gasteiger charge is -2.07. The summed E-state index contributed by atoms with van der Waals surface area (Å²) in [7, 11) is 1.36. The predicted octanol–water partition coefficient (Wildman–Crippen LogP) is 2.04. The van der Waals surface area contributed by atoms with Gasteiger partial charge in [-0.15, -0.1) is 0 Å². The highest BCUT2D eigenvalue weighted by molar-refractivity contribution is 7.98. The molecule has 1 aromatic rings. The first-order chi connectivity index (χ1) is 7.69. The van der Waals surface area contributed by atoms with Crippen LogP contribution in [-0.2, 0) is 10.5 Å². The van der Waals surface area contributed by atoms with Gasteiger partial charge in [-0.1, -0.05) is 6.92 Å². The van der Waals surface area contributed by atoms with E-state index in [1.807, 2.05) is 0 Å². The van der Waals surface area contributed by atoms with Crippen molar-refractivity contribution in [2.24, 2.45) is 5.73 Å². The van der Waals surface area contributed by atoms with Gasteiger partial charge in [-0.2, -0.15) is 11.8 Å². The topological polar surface area (TPSA) is 65.5 Å². The largest absolute Gasteiger partial charge is 0.468 e. The molecule has 0 saturated heterocycles. The number of carbonyl (C=O) groups is 1. The van der Waals surface area contributed by atoms with Crippen LogP contribution in [-0.4, -0.2) is 24.9 Å². The summed E-state index contributed by atoms with van der Waals surface area (Å²) in [5.41, 5.74) is 6.29. The van der Waals surface area contributed by atoms with Gasteiger partial charge in [0.25, 0.3) is 0 Å². The smallest absolute Gasteiger partial charge is 0.341 e. The Morgan fingerprint density at radius 1 is 1.69 bits per heavy atom. The number of furan rings is 1. The zero-order valence-corrected chi connectivity index (χ0v) is 10.4. The second-order valence-corrected chi connectivity index (χ2v) is 4.46. The normalized spacial score (nSPS) is 12.4. The molecule has 1 rings (SSSR count). The SMILES string of the molecule is CCC(N)CSCc1occc1C(=O)OC. The number of thioether (sulfide) groups is 1. The zero-order valence-electron chi connectivity index (χ0n) is 9.56. The molecule has 1 aromatic heterocycles. The quantitative estimate of drug-likeness (QED) is 0.774. The summed E-state index contributed by atoms with van der Waals surface area (Å²) < 4.78 is 9.89. The Hall–Kier alpha value is -0.940. The molecule has 0 radical (unpaired) electrons. The molecule has 1 heterocycles. The summed E-state index contributed by atoms with van der Waals surface area (Å²) in [6.07, 6.45) is 2.46. The number of methoxy groups -OCH3 is 1. The minimum atomic E-state index is -0.357. The molecule has 0 aliphatic rings. The monoisotopic (exact) mass is 243 g/mol. The molecular formula is C11H17NO3S. The predicted molar refractivity (Wildman–Crippen MR) is 64.5 cm³/mol. The molecule has 0 aliphatic heterocycles. The lowest BCUT2D eigenvalue weighted by molar-refractivity contribution is 0.0598. The number of carbonyl (C=O) groups excluding carboxylic acids is 1. The molecular weight excluding hydrogens is 226 g/mol. The Morgan fingerprint density at radius 2 is 2.44 bits per heavy atom. The Balaban J connectivity index is 2.48. The van der Waals surface area contributed by atoms with Crippen LogP contribution in [0, 0.1) is 0 Å². The summed E-state index contributed by atoms with van der Waals surface area (Å²) in [5.74, 6) is 1.80. The molecule has 2 N–H and O–H groups in total. The van der Waals surface area contributed by atoms with E-state index in [1.54, 1.807) is 17.8 Å². The van der Waals surface area contributed by atoms with Crippen LogP contribution in [0.4, 0.5) is 0 Å². The van der Waals surface area contributed by atoms with Gasteiger partial charge in [-0.25, -0.2) is 4.79 Å². The van der Waals surface area contributed by atoms with Crippen LogP contribution in [0.5, 0.6) is 0 Å². The van der Waals surface area contributed by atoms with E-state index in [9.17, 15) is 4.79 Å². The Labute approximate surface area is 99.5 Å². The third kappa shape index (κ3) is 3.57. The van der Waals surface area contributed by atoms with Crippen molar-refractivity contribution in [1.29, 1.82) is 0 Å². The third-order valence-corrected chi connectivity index (χ3v) is 3.37. The van der Waals surface area contributed by atoms with E-state index in [4.69, 9.17) is 10.2 Å². The number of ether oxygens (including phenoxy) is 1. The van der Waals surface area contributed by atoms with Crippen LogP contribution in [0.15, 0.2) is 16.7 Å². The molecule has 0 bridgehead atoms. The van der Waals surface area contributed by atoms with Crippen molar-refractivity contribution in [1.82, 2.24) is 0 Å². The average Bonchev–Trinajstić information content (AvgIpc) is 2.76. The molecule has 4 nitrogen and oxygen atoms in total. The maximum absolute atomic E-state index is 11.3. The second-order valence-electron chi connectivity index (χ2n) is 3.43. The van der Waals surface area contributed by atoms with Gasteiger partial charge in [0.1, 0.15) is 11.3 Å².